The molecule has 170 valence electrons. The second kappa shape index (κ2) is 10.1. The number of thiophene rings is 1. The quantitative estimate of drug-likeness (QED) is 0.388. The lowest BCUT2D eigenvalue weighted by Gasteiger charge is -2.18. The maximum atomic E-state index is 13.1. The first-order valence-electron chi connectivity index (χ1n) is 10.0. The molecule has 3 aromatic rings. The van der Waals surface area contributed by atoms with Crippen molar-refractivity contribution >= 4 is 62.4 Å². The molecule has 0 unspecified atom stereocenters. The number of aromatic nitrogens is 2. The number of carbonyl (C=O) groups excluding carboxylic acids is 2. The SMILES string of the molecule is Cc1sc2nc(SCC(=O)N(C)CC(=O)Nc3ccccc3Cl)n(C(C)C)c(=O)c2c1C. The fourth-order valence-electron chi connectivity index (χ4n) is 3.14. The Morgan fingerprint density at radius 3 is 2.62 bits per heavy atom. The van der Waals surface area contributed by atoms with Crippen molar-refractivity contribution < 1.29 is 9.59 Å². The molecule has 2 heterocycles. The van der Waals surface area contributed by atoms with Gasteiger partial charge in [-0.3, -0.25) is 19.0 Å². The third-order valence-corrected chi connectivity index (χ3v) is 7.37. The number of nitrogens with one attached hydrogen (secondary N) is 1. The molecule has 0 bridgehead atoms. The molecule has 0 aliphatic rings. The minimum absolute atomic E-state index is 0.0594. The highest BCUT2D eigenvalue weighted by molar-refractivity contribution is 7.99. The lowest BCUT2D eigenvalue weighted by molar-refractivity contribution is -0.131. The number of aryl methyl sites for hydroxylation is 2. The normalized spacial score (nSPS) is 11.2. The standard InChI is InChI=1S/C22H25ClN4O3S2/c1-12(2)27-21(30)19-13(3)14(4)32-20(19)25-22(27)31-11-18(29)26(5)10-17(28)24-16-9-7-6-8-15(16)23/h6-9,12H,10-11H2,1-5H3,(H,24,28). The number of hydrogen-bond acceptors (Lipinski definition) is 6. The van der Waals surface area contributed by atoms with Crippen molar-refractivity contribution in [3.05, 3.63) is 50.1 Å². The third-order valence-electron chi connectivity index (χ3n) is 5.00. The second-order valence-corrected chi connectivity index (χ2v) is 10.2. The van der Waals surface area contributed by atoms with Gasteiger partial charge in [0.25, 0.3) is 5.56 Å². The molecule has 7 nitrogen and oxygen atoms in total. The molecular formula is C22H25ClN4O3S2. The maximum Gasteiger partial charge on any atom is 0.263 e. The van der Waals surface area contributed by atoms with E-state index in [1.165, 1.54) is 28.0 Å². The van der Waals surface area contributed by atoms with Gasteiger partial charge >= 0.3 is 0 Å². The van der Waals surface area contributed by atoms with Crippen molar-refractivity contribution in [1.29, 1.82) is 0 Å². The van der Waals surface area contributed by atoms with Gasteiger partial charge in [-0.05, 0) is 45.4 Å². The van der Waals surface area contributed by atoms with E-state index in [4.69, 9.17) is 11.6 Å². The topological polar surface area (TPSA) is 84.3 Å². The van der Waals surface area contributed by atoms with Gasteiger partial charge in [-0.25, -0.2) is 4.98 Å². The molecule has 0 aliphatic carbocycles. The predicted octanol–water partition coefficient (Wildman–Crippen LogP) is 4.50. The molecule has 2 aromatic heterocycles. The van der Waals surface area contributed by atoms with E-state index in [0.29, 0.717) is 26.1 Å². The number of amides is 2. The van der Waals surface area contributed by atoms with Crippen LogP contribution in [0.5, 0.6) is 0 Å². The number of nitrogens with zero attached hydrogens (tertiary/aromatic N) is 3. The van der Waals surface area contributed by atoms with Crippen molar-refractivity contribution in [2.24, 2.45) is 0 Å². The Hall–Kier alpha value is -2.36. The van der Waals surface area contributed by atoms with E-state index in [0.717, 1.165) is 10.4 Å². The van der Waals surface area contributed by atoms with Gasteiger partial charge in [-0.15, -0.1) is 11.3 Å². The summed E-state index contributed by atoms with van der Waals surface area (Å²) < 4.78 is 1.63. The summed E-state index contributed by atoms with van der Waals surface area (Å²) in [7, 11) is 1.56. The molecule has 3 rings (SSSR count). The van der Waals surface area contributed by atoms with Gasteiger partial charge in [0.15, 0.2) is 5.16 Å². The van der Waals surface area contributed by atoms with Crippen molar-refractivity contribution in [1.82, 2.24) is 14.5 Å². The van der Waals surface area contributed by atoms with E-state index in [-0.39, 0.29) is 35.7 Å². The van der Waals surface area contributed by atoms with Gasteiger partial charge in [-0.1, -0.05) is 35.5 Å². The molecule has 0 radical (unpaired) electrons. The summed E-state index contributed by atoms with van der Waals surface area (Å²) in [5.74, 6) is -0.529. The summed E-state index contributed by atoms with van der Waals surface area (Å²) in [6.45, 7) is 7.62. The van der Waals surface area contributed by atoms with Crippen LogP contribution in [0.15, 0.2) is 34.2 Å². The average molecular weight is 493 g/mol. The highest BCUT2D eigenvalue weighted by Gasteiger charge is 2.20. The van der Waals surface area contributed by atoms with E-state index >= 15 is 0 Å². The Morgan fingerprint density at radius 2 is 1.97 bits per heavy atom. The van der Waals surface area contributed by atoms with Gasteiger partial charge < -0.3 is 10.2 Å². The van der Waals surface area contributed by atoms with Crippen LogP contribution in [0, 0.1) is 13.8 Å². The lowest BCUT2D eigenvalue weighted by atomic mass is 10.2. The first-order chi connectivity index (χ1) is 15.1. The van der Waals surface area contributed by atoms with Crippen LogP contribution in [-0.4, -0.2) is 45.6 Å². The van der Waals surface area contributed by atoms with Crippen molar-refractivity contribution in [2.75, 3.05) is 24.7 Å². The summed E-state index contributed by atoms with van der Waals surface area (Å²) in [6.07, 6.45) is 0. The minimum Gasteiger partial charge on any atom is -0.336 e. The summed E-state index contributed by atoms with van der Waals surface area (Å²) >= 11 is 8.74. The van der Waals surface area contributed by atoms with E-state index < -0.39 is 0 Å². The maximum absolute atomic E-state index is 13.1. The molecule has 0 atom stereocenters. The third kappa shape index (κ3) is 5.16. The van der Waals surface area contributed by atoms with Crippen LogP contribution in [0.4, 0.5) is 5.69 Å². The number of fused-ring (bicyclic) bond motifs is 1. The zero-order valence-corrected chi connectivity index (χ0v) is 21.0. The van der Waals surface area contributed by atoms with Crippen molar-refractivity contribution in [3.63, 3.8) is 0 Å². The van der Waals surface area contributed by atoms with Crippen LogP contribution in [-0.2, 0) is 9.59 Å². The monoisotopic (exact) mass is 492 g/mol. The molecule has 0 saturated heterocycles. The number of carbonyl (C=O) groups is 2. The van der Waals surface area contributed by atoms with Crippen LogP contribution < -0.4 is 10.9 Å². The average Bonchev–Trinajstić information content (AvgIpc) is 3.01. The van der Waals surface area contributed by atoms with Crippen LogP contribution in [0.3, 0.4) is 0 Å². The lowest BCUT2D eigenvalue weighted by Crippen LogP contribution is -2.36. The molecule has 0 fully saturated rings. The number of likely N-dealkylation sites (N-methyl/N-ethyl adjacent to an activating group) is 1. The Balaban J connectivity index is 1.71. The molecule has 0 spiro atoms. The van der Waals surface area contributed by atoms with Gasteiger partial charge in [-0.2, -0.15) is 0 Å². The fourth-order valence-corrected chi connectivity index (χ4v) is 5.46. The largest absolute Gasteiger partial charge is 0.336 e. The number of para-hydroxylation sites is 1. The summed E-state index contributed by atoms with van der Waals surface area (Å²) in [4.78, 5) is 45.8. The molecule has 0 aliphatic heterocycles. The Bertz CT molecular complexity index is 1240. The molecule has 1 aromatic carbocycles. The van der Waals surface area contributed by atoms with E-state index in [1.54, 1.807) is 35.9 Å². The van der Waals surface area contributed by atoms with Crippen molar-refractivity contribution in [3.8, 4) is 0 Å². The Kier molecular flexibility index (Phi) is 7.63. The number of hydrogen-bond donors (Lipinski definition) is 1. The minimum atomic E-state index is -0.345. The highest BCUT2D eigenvalue weighted by atomic mass is 35.5. The first kappa shape index (κ1) is 24.3. The Labute approximate surface area is 199 Å². The number of halogens is 1. The number of rotatable bonds is 7. The molecule has 1 N–H and O–H groups in total. The number of thioether (sulfide) groups is 1. The van der Waals surface area contributed by atoms with Crippen LogP contribution in [0.1, 0.15) is 30.3 Å². The van der Waals surface area contributed by atoms with Crippen LogP contribution >= 0.6 is 34.7 Å². The first-order valence-corrected chi connectivity index (χ1v) is 12.2. The molecule has 2 amide bonds. The number of anilines is 1. The van der Waals surface area contributed by atoms with Gasteiger partial charge in [0, 0.05) is 18.0 Å². The van der Waals surface area contributed by atoms with Gasteiger partial charge in [0.1, 0.15) is 4.83 Å². The second-order valence-electron chi connectivity index (χ2n) is 7.69. The van der Waals surface area contributed by atoms with E-state index in [1.807, 2.05) is 27.7 Å². The Morgan fingerprint density at radius 1 is 1.28 bits per heavy atom. The van der Waals surface area contributed by atoms with E-state index in [2.05, 4.69) is 10.3 Å². The molecule has 32 heavy (non-hydrogen) atoms. The molecular weight excluding hydrogens is 468 g/mol. The van der Waals surface area contributed by atoms with Gasteiger partial charge in [0.05, 0.1) is 28.4 Å². The number of benzene rings is 1. The smallest absolute Gasteiger partial charge is 0.263 e. The zero-order valence-electron chi connectivity index (χ0n) is 18.6. The van der Waals surface area contributed by atoms with E-state index in [9.17, 15) is 14.4 Å². The fraction of sp³-hybridized carbons (Fsp3) is 0.364. The molecule has 10 heteroatoms. The van der Waals surface area contributed by atoms with Crippen LogP contribution in [0.25, 0.3) is 10.2 Å². The summed E-state index contributed by atoms with van der Waals surface area (Å²) in [5.41, 5.74) is 1.36. The highest BCUT2D eigenvalue weighted by Crippen LogP contribution is 2.29. The summed E-state index contributed by atoms with van der Waals surface area (Å²) in [5, 5.41) is 4.27. The zero-order chi connectivity index (χ0) is 23.6. The van der Waals surface area contributed by atoms with Gasteiger partial charge in [0.2, 0.25) is 11.8 Å². The molecule has 0 saturated carbocycles. The van der Waals surface area contributed by atoms with Crippen molar-refractivity contribution in [2.45, 2.75) is 38.9 Å². The summed E-state index contributed by atoms with van der Waals surface area (Å²) in [6, 6.07) is 6.81. The van der Waals surface area contributed by atoms with Crippen LogP contribution in [0.2, 0.25) is 5.02 Å². The predicted molar refractivity (Wildman–Crippen MR) is 132 cm³/mol.